The van der Waals surface area contributed by atoms with Gasteiger partial charge in [0.1, 0.15) is 0 Å². The van der Waals surface area contributed by atoms with E-state index >= 15 is 0 Å². The predicted octanol–water partition coefficient (Wildman–Crippen LogP) is 5.15. The highest BCUT2D eigenvalue weighted by molar-refractivity contribution is 5.87. The Labute approximate surface area is 161 Å². The summed E-state index contributed by atoms with van der Waals surface area (Å²) in [6, 6.07) is 0. The SMILES string of the molecule is C=CC(=O)NC(C)(C)CC(C)(C)C.C=CC(=O)NC(C)(C)CCCCC. The third-order valence-electron chi connectivity index (χ3n) is 3.67. The van der Waals surface area contributed by atoms with Crippen LogP contribution in [0.4, 0.5) is 0 Å². The third-order valence-corrected chi connectivity index (χ3v) is 3.67. The van der Waals surface area contributed by atoms with Crippen LogP contribution in [0.5, 0.6) is 0 Å². The first-order valence-electron chi connectivity index (χ1n) is 9.57. The average molecular weight is 367 g/mol. The molecule has 152 valence electrons. The van der Waals surface area contributed by atoms with Gasteiger partial charge < -0.3 is 10.6 Å². The van der Waals surface area contributed by atoms with E-state index in [-0.39, 0.29) is 28.3 Å². The number of nitrogens with one attached hydrogen (secondary N) is 2. The quantitative estimate of drug-likeness (QED) is 0.438. The first-order chi connectivity index (χ1) is 11.7. The number of hydrogen-bond acceptors (Lipinski definition) is 2. The summed E-state index contributed by atoms with van der Waals surface area (Å²) >= 11 is 0. The highest BCUT2D eigenvalue weighted by atomic mass is 16.2. The molecule has 0 fully saturated rings. The van der Waals surface area contributed by atoms with Crippen molar-refractivity contribution >= 4 is 11.8 Å². The Bertz CT molecular complexity index is 457. The van der Waals surface area contributed by atoms with Crippen LogP contribution in [0.25, 0.3) is 0 Å². The molecule has 0 aliphatic rings. The topological polar surface area (TPSA) is 58.2 Å². The van der Waals surface area contributed by atoms with Gasteiger partial charge in [0.25, 0.3) is 0 Å². The maximum Gasteiger partial charge on any atom is 0.243 e. The molecule has 0 aromatic rings. The molecule has 0 bridgehead atoms. The van der Waals surface area contributed by atoms with Crippen LogP contribution in [0.2, 0.25) is 0 Å². The normalized spacial score (nSPS) is 11.7. The Kier molecular flexibility index (Phi) is 12.2. The molecule has 2 amide bonds. The molecule has 0 aromatic heterocycles. The Hall–Kier alpha value is -1.58. The van der Waals surface area contributed by atoms with Crippen LogP contribution < -0.4 is 10.6 Å². The van der Waals surface area contributed by atoms with Crippen LogP contribution in [-0.4, -0.2) is 22.9 Å². The summed E-state index contributed by atoms with van der Waals surface area (Å²) in [5.41, 5.74) is -0.0398. The van der Waals surface area contributed by atoms with Crippen molar-refractivity contribution in [3.8, 4) is 0 Å². The average Bonchev–Trinajstić information content (AvgIpc) is 2.44. The van der Waals surface area contributed by atoms with Crippen molar-refractivity contribution in [1.29, 1.82) is 0 Å². The van der Waals surface area contributed by atoms with Crippen molar-refractivity contribution in [2.45, 2.75) is 98.6 Å². The van der Waals surface area contributed by atoms with Crippen LogP contribution in [0, 0.1) is 5.41 Å². The fourth-order valence-electron chi connectivity index (χ4n) is 3.02. The first kappa shape index (κ1) is 26.6. The molecule has 0 aliphatic heterocycles. The third kappa shape index (κ3) is 17.2. The van der Waals surface area contributed by atoms with Gasteiger partial charge in [-0.25, -0.2) is 0 Å². The maximum absolute atomic E-state index is 11.1. The molecule has 0 saturated carbocycles. The zero-order valence-corrected chi connectivity index (χ0v) is 18.4. The lowest BCUT2D eigenvalue weighted by atomic mass is 9.82. The monoisotopic (exact) mass is 366 g/mol. The molecule has 26 heavy (non-hydrogen) atoms. The van der Waals surface area contributed by atoms with Gasteiger partial charge in [0.2, 0.25) is 11.8 Å². The smallest absolute Gasteiger partial charge is 0.243 e. The van der Waals surface area contributed by atoms with Crippen LogP contribution in [0.1, 0.15) is 87.5 Å². The highest BCUT2D eigenvalue weighted by Crippen LogP contribution is 2.26. The fourth-order valence-corrected chi connectivity index (χ4v) is 3.02. The Morgan fingerprint density at radius 3 is 1.58 bits per heavy atom. The second kappa shape index (κ2) is 11.9. The molecule has 0 unspecified atom stereocenters. The van der Waals surface area contributed by atoms with Gasteiger partial charge in [0, 0.05) is 11.1 Å². The zero-order chi connectivity index (χ0) is 21.0. The highest BCUT2D eigenvalue weighted by Gasteiger charge is 2.26. The summed E-state index contributed by atoms with van der Waals surface area (Å²) in [7, 11) is 0. The van der Waals surface area contributed by atoms with E-state index in [9.17, 15) is 9.59 Å². The van der Waals surface area contributed by atoms with Crippen molar-refractivity contribution in [2.75, 3.05) is 0 Å². The summed E-state index contributed by atoms with van der Waals surface area (Å²) < 4.78 is 0. The maximum atomic E-state index is 11.1. The second-order valence-electron chi connectivity index (χ2n) is 9.35. The van der Waals surface area contributed by atoms with E-state index in [1.807, 2.05) is 27.7 Å². The van der Waals surface area contributed by atoms with Gasteiger partial charge in [-0.15, -0.1) is 0 Å². The first-order valence-corrected chi connectivity index (χ1v) is 9.57. The number of rotatable bonds is 9. The van der Waals surface area contributed by atoms with E-state index in [0.717, 1.165) is 12.8 Å². The minimum atomic E-state index is -0.163. The van der Waals surface area contributed by atoms with E-state index in [1.54, 1.807) is 0 Å². The van der Waals surface area contributed by atoms with Crippen molar-refractivity contribution in [2.24, 2.45) is 5.41 Å². The molecule has 0 spiro atoms. The fraction of sp³-hybridized carbons (Fsp3) is 0.727. The molecule has 0 heterocycles. The Morgan fingerprint density at radius 1 is 0.808 bits per heavy atom. The largest absolute Gasteiger partial charge is 0.348 e. The number of carbonyl (C=O) groups is 2. The van der Waals surface area contributed by atoms with E-state index in [2.05, 4.69) is 51.5 Å². The summed E-state index contributed by atoms with van der Waals surface area (Å²) in [5, 5.41) is 5.81. The molecule has 0 aliphatic carbocycles. The van der Waals surface area contributed by atoms with E-state index in [4.69, 9.17) is 0 Å². The van der Waals surface area contributed by atoms with Gasteiger partial charge in [-0.2, -0.15) is 0 Å². The van der Waals surface area contributed by atoms with Crippen molar-refractivity contribution in [3.05, 3.63) is 25.3 Å². The van der Waals surface area contributed by atoms with Gasteiger partial charge in [0.05, 0.1) is 0 Å². The van der Waals surface area contributed by atoms with Crippen LogP contribution in [0.15, 0.2) is 25.3 Å². The number of carbonyl (C=O) groups excluding carboxylic acids is 2. The molecule has 4 heteroatoms. The van der Waals surface area contributed by atoms with Gasteiger partial charge in [-0.3, -0.25) is 9.59 Å². The van der Waals surface area contributed by atoms with Crippen molar-refractivity contribution in [3.63, 3.8) is 0 Å². The summed E-state index contributed by atoms with van der Waals surface area (Å²) in [5.74, 6) is -0.184. The van der Waals surface area contributed by atoms with Gasteiger partial charge in [0.15, 0.2) is 0 Å². The molecule has 0 atom stereocenters. The molecule has 0 radical (unpaired) electrons. The molecule has 0 rings (SSSR count). The zero-order valence-electron chi connectivity index (χ0n) is 18.4. The van der Waals surface area contributed by atoms with Gasteiger partial charge in [-0.1, -0.05) is 60.1 Å². The standard InChI is InChI=1S/2C11H21NO/c1-7-9(13)12-11(5,6)8-10(2,3)4;1-5-7-8-9-11(3,4)12-10(13)6-2/h7H,1,8H2,2-6H3,(H,12,13);6H,2,5,7-9H2,1,3-4H3,(H,12,13). The van der Waals surface area contributed by atoms with Crippen LogP contribution >= 0.6 is 0 Å². The molecule has 4 nitrogen and oxygen atoms in total. The number of amides is 2. The molecule has 0 saturated heterocycles. The van der Waals surface area contributed by atoms with Crippen molar-refractivity contribution < 1.29 is 9.59 Å². The van der Waals surface area contributed by atoms with E-state index < -0.39 is 0 Å². The van der Waals surface area contributed by atoms with Gasteiger partial charge in [-0.05, 0) is 58.1 Å². The van der Waals surface area contributed by atoms with Crippen LogP contribution in [0.3, 0.4) is 0 Å². The molecular formula is C22H42N2O2. The molecule has 0 aromatic carbocycles. The number of unbranched alkanes of at least 4 members (excludes halogenated alkanes) is 2. The van der Waals surface area contributed by atoms with Crippen molar-refractivity contribution in [1.82, 2.24) is 10.6 Å². The lowest BCUT2D eigenvalue weighted by molar-refractivity contribution is -0.119. The predicted molar refractivity (Wildman–Crippen MR) is 113 cm³/mol. The van der Waals surface area contributed by atoms with Crippen LogP contribution in [-0.2, 0) is 9.59 Å². The minimum Gasteiger partial charge on any atom is -0.348 e. The summed E-state index contributed by atoms with van der Waals surface area (Å²) in [6.45, 7) is 23.7. The van der Waals surface area contributed by atoms with E-state index in [0.29, 0.717) is 0 Å². The van der Waals surface area contributed by atoms with Gasteiger partial charge >= 0.3 is 0 Å². The number of hydrogen-bond donors (Lipinski definition) is 2. The molecule has 2 N–H and O–H groups in total. The summed E-state index contributed by atoms with van der Waals surface area (Å²) in [6.07, 6.45) is 8.21. The molecular weight excluding hydrogens is 324 g/mol. The lowest BCUT2D eigenvalue weighted by Gasteiger charge is -2.32. The second-order valence-corrected chi connectivity index (χ2v) is 9.35. The Balaban J connectivity index is 0. The van der Waals surface area contributed by atoms with E-state index in [1.165, 1.54) is 31.4 Å². The Morgan fingerprint density at radius 2 is 1.23 bits per heavy atom. The lowest BCUT2D eigenvalue weighted by Crippen LogP contribution is -2.45. The minimum absolute atomic E-state index is 0.0819. The summed E-state index contributed by atoms with van der Waals surface area (Å²) in [4.78, 5) is 22.1.